The van der Waals surface area contributed by atoms with Crippen LogP contribution < -0.4 is 4.84 Å². The molecule has 2 aromatic heterocycles. The van der Waals surface area contributed by atoms with Crippen molar-refractivity contribution in [2.75, 3.05) is 7.11 Å². The predicted molar refractivity (Wildman–Crippen MR) is 69.1 cm³/mol. The summed E-state index contributed by atoms with van der Waals surface area (Å²) in [6, 6.07) is 10.3. The van der Waals surface area contributed by atoms with E-state index in [1.807, 2.05) is 29.1 Å². The average molecular weight is 226 g/mol. The Kier molecular flexibility index (Phi) is 2.25. The molecule has 1 aromatic carbocycles. The monoisotopic (exact) mass is 226 g/mol. The number of hydrogen-bond donors (Lipinski definition) is 0. The number of benzene rings is 1. The lowest BCUT2D eigenvalue weighted by Gasteiger charge is -2.06. The first-order valence-electron chi connectivity index (χ1n) is 5.78. The molecule has 0 unspecified atom stereocenters. The van der Waals surface area contributed by atoms with Gasteiger partial charge in [0, 0.05) is 17.0 Å². The highest BCUT2D eigenvalue weighted by Gasteiger charge is 2.13. The van der Waals surface area contributed by atoms with Gasteiger partial charge in [0.15, 0.2) is 0 Å². The summed E-state index contributed by atoms with van der Waals surface area (Å²) < 4.78 is 1.87. The molecule has 0 atom stereocenters. The lowest BCUT2D eigenvalue weighted by molar-refractivity contribution is 0.190. The van der Waals surface area contributed by atoms with Crippen LogP contribution >= 0.6 is 0 Å². The SMILES string of the molecule is CCc1nccc2c3ccccc3n(OC)c12. The highest BCUT2D eigenvalue weighted by Crippen LogP contribution is 2.29. The number of nitrogens with zero attached hydrogens (tertiary/aromatic N) is 2. The van der Waals surface area contributed by atoms with Gasteiger partial charge >= 0.3 is 0 Å². The standard InChI is InChI=1S/C14H14N2O/c1-3-12-14-11(8-9-15-12)10-6-4-5-7-13(10)16(14)17-2/h4-9H,3H2,1-2H3. The molecular weight excluding hydrogens is 212 g/mol. The molecule has 0 aliphatic heterocycles. The van der Waals surface area contributed by atoms with Crippen molar-refractivity contribution in [3.63, 3.8) is 0 Å². The van der Waals surface area contributed by atoms with Crippen molar-refractivity contribution in [2.45, 2.75) is 13.3 Å². The van der Waals surface area contributed by atoms with E-state index in [0.717, 1.165) is 23.1 Å². The highest BCUT2D eigenvalue weighted by atomic mass is 16.6. The van der Waals surface area contributed by atoms with Crippen molar-refractivity contribution in [1.29, 1.82) is 0 Å². The van der Waals surface area contributed by atoms with Gasteiger partial charge in [-0.05, 0) is 18.6 Å². The zero-order valence-electron chi connectivity index (χ0n) is 9.97. The van der Waals surface area contributed by atoms with Crippen molar-refractivity contribution in [2.24, 2.45) is 0 Å². The van der Waals surface area contributed by atoms with Crippen LogP contribution in [-0.4, -0.2) is 16.8 Å². The third-order valence-electron chi connectivity index (χ3n) is 3.13. The molecule has 0 aliphatic rings. The Balaban J connectivity index is 2.58. The zero-order valence-corrected chi connectivity index (χ0v) is 9.97. The first-order valence-corrected chi connectivity index (χ1v) is 5.78. The molecule has 0 saturated carbocycles. The van der Waals surface area contributed by atoms with E-state index in [1.165, 1.54) is 10.8 Å². The number of fused-ring (bicyclic) bond motifs is 3. The van der Waals surface area contributed by atoms with E-state index in [2.05, 4.69) is 24.0 Å². The maximum absolute atomic E-state index is 5.50. The molecule has 0 bridgehead atoms. The summed E-state index contributed by atoms with van der Waals surface area (Å²) in [5.74, 6) is 0. The van der Waals surface area contributed by atoms with Gasteiger partial charge in [0.1, 0.15) is 12.6 Å². The molecule has 0 aliphatic carbocycles. The molecule has 2 heterocycles. The van der Waals surface area contributed by atoms with Crippen molar-refractivity contribution >= 4 is 21.8 Å². The van der Waals surface area contributed by atoms with Gasteiger partial charge in [-0.1, -0.05) is 25.1 Å². The van der Waals surface area contributed by atoms with Gasteiger partial charge in [-0.2, -0.15) is 4.73 Å². The van der Waals surface area contributed by atoms with Crippen LogP contribution in [0.5, 0.6) is 0 Å². The van der Waals surface area contributed by atoms with Gasteiger partial charge in [0.05, 0.1) is 11.2 Å². The van der Waals surface area contributed by atoms with Gasteiger partial charge in [-0.15, -0.1) is 0 Å². The minimum atomic E-state index is 0.900. The van der Waals surface area contributed by atoms with Crippen LogP contribution in [0.2, 0.25) is 0 Å². The van der Waals surface area contributed by atoms with Crippen LogP contribution in [0.25, 0.3) is 21.8 Å². The van der Waals surface area contributed by atoms with Gasteiger partial charge in [0.25, 0.3) is 0 Å². The van der Waals surface area contributed by atoms with E-state index >= 15 is 0 Å². The van der Waals surface area contributed by atoms with E-state index in [1.54, 1.807) is 7.11 Å². The van der Waals surface area contributed by atoms with Crippen molar-refractivity contribution in [3.05, 3.63) is 42.2 Å². The van der Waals surface area contributed by atoms with Crippen LogP contribution in [0.15, 0.2) is 36.5 Å². The molecule has 0 radical (unpaired) electrons. The molecule has 3 heteroatoms. The second kappa shape index (κ2) is 3.77. The lowest BCUT2D eigenvalue weighted by Crippen LogP contribution is -2.06. The number of para-hydroxylation sites is 1. The molecule has 17 heavy (non-hydrogen) atoms. The van der Waals surface area contributed by atoms with Crippen LogP contribution in [0.1, 0.15) is 12.6 Å². The molecule has 0 saturated heterocycles. The van der Waals surface area contributed by atoms with E-state index in [0.29, 0.717) is 0 Å². The fourth-order valence-electron chi connectivity index (χ4n) is 2.39. The molecule has 0 spiro atoms. The van der Waals surface area contributed by atoms with E-state index < -0.39 is 0 Å². The van der Waals surface area contributed by atoms with Gasteiger partial charge < -0.3 is 4.84 Å². The first-order chi connectivity index (χ1) is 8.36. The van der Waals surface area contributed by atoms with Crippen LogP contribution in [-0.2, 0) is 6.42 Å². The van der Waals surface area contributed by atoms with Crippen molar-refractivity contribution in [1.82, 2.24) is 9.71 Å². The van der Waals surface area contributed by atoms with Gasteiger partial charge in [-0.25, -0.2) is 0 Å². The molecule has 3 aromatic rings. The lowest BCUT2D eigenvalue weighted by atomic mass is 10.1. The summed E-state index contributed by atoms with van der Waals surface area (Å²) in [5.41, 5.74) is 3.24. The number of aryl methyl sites for hydroxylation is 1. The molecule has 0 fully saturated rings. The molecule has 86 valence electrons. The third kappa shape index (κ3) is 1.32. The summed E-state index contributed by atoms with van der Waals surface area (Å²) in [4.78, 5) is 9.93. The molecule has 3 nitrogen and oxygen atoms in total. The average Bonchev–Trinajstić information content (AvgIpc) is 2.72. The Bertz CT molecular complexity index is 685. The summed E-state index contributed by atoms with van der Waals surface area (Å²) in [5, 5.41) is 2.41. The predicted octanol–water partition coefficient (Wildman–Crippen LogP) is 2.81. The van der Waals surface area contributed by atoms with Crippen LogP contribution in [0.4, 0.5) is 0 Å². The van der Waals surface area contributed by atoms with Gasteiger partial charge in [0.2, 0.25) is 0 Å². The summed E-state index contributed by atoms with van der Waals surface area (Å²) in [6.45, 7) is 2.11. The Morgan fingerprint density at radius 2 is 2.00 bits per heavy atom. The van der Waals surface area contributed by atoms with Crippen molar-refractivity contribution < 1.29 is 4.84 Å². The molecule has 3 rings (SSSR count). The van der Waals surface area contributed by atoms with E-state index in [4.69, 9.17) is 4.84 Å². The topological polar surface area (TPSA) is 27.1 Å². The quantitative estimate of drug-likeness (QED) is 0.672. The summed E-state index contributed by atoms with van der Waals surface area (Å²) >= 11 is 0. The molecule has 0 N–H and O–H groups in total. The molecule has 0 amide bonds. The molecular formula is C14H14N2O. The summed E-state index contributed by atoms with van der Waals surface area (Å²) in [7, 11) is 1.69. The Morgan fingerprint density at radius 1 is 1.18 bits per heavy atom. The normalized spacial score (nSPS) is 11.2. The van der Waals surface area contributed by atoms with Crippen molar-refractivity contribution in [3.8, 4) is 0 Å². The maximum atomic E-state index is 5.50. The van der Waals surface area contributed by atoms with Crippen LogP contribution in [0.3, 0.4) is 0 Å². The minimum absolute atomic E-state index is 0.900. The maximum Gasteiger partial charge on any atom is 0.110 e. The van der Waals surface area contributed by atoms with E-state index in [-0.39, 0.29) is 0 Å². The number of rotatable bonds is 2. The van der Waals surface area contributed by atoms with E-state index in [9.17, 15) is 0 Å². The largest absolute Gasteiger partial charge is 0.416 e. The Hall–Kier alpha value is -2.03. The zero-order chi connectivity index (χ0) is 11.8. The number of pyridine rings is 1. The first kappa shape index (κ1) is 10.1. The van der Waals surface area contributed by atoms with Gasteiger partial charge in [-0.3, -0.25) is 4.98 Å². The third-order valence-corrected chi connectivity index (χ3v) is 3.13. The fraction of sp³-hybridized carbons (Fsp3) is 0.214. The second-order valence-corrected chi connectivity index (χ2v) is 4.00. The second-order valence-electron chi connectivity index (χ2n) is 4.00. The fourth-order valence-corrected chi connectivity index (χ4v) is 2.39. The highest BCUT2D eigenvalue weighted by molar-refractivity contribution is 6.08. The van der Waals surface area contributed by atoms with Crippen LogP contribution in [0, 0.1) is 0 Å². The minimum Gasteiger partial charge on any atom is -0.416 e. The summed E-state index contributed by atoms with van der Waals surface area (Å²) in [6.07, 6.45) is 2.77. The number of hydrogen-bond acceptors (Lipinski definition) is 2. The number of aromatic nitrogens is 2. The Morgan fingerprint density at radius 3 is 2.76 bits per heavy atom. The Labute approximate surface area is 99.6 Å². The smallest absolute Gasteiger partial charge is 0.110 e.